The lowest BCUT2D eigenvalue weighted by molar-refractivity contribution is -0.132. The van der Waals surface area contributed by atoms with E-state index in [-0.39, 0.29) is 36.2 Å². The summed E-state index contributed by atoms with van der Waals surface area (Å²) in [6, 6.07) is -0.198. The molecule has 1 saturated heterocycles. The van der Waals surface area contributed by atoms with E-state index < -0.39 is 7.82 Å². The van der Waals surface area contributed by atoms with E-state index in [0.29, 0.717) is 24.9 Å². The first-order chi connectivity index (χ1) is 23.4. The fourth-order valence-electron chi connectivity index (χ4n) is 10.9. The van der Waals surface area contributed by atoms with Crippen molar-refractivity contribution < 1.29 is 32.8 Å². The number of unbranched alkanes of at least 4 members (excludes halogenated alkanes) is 3. The Labute approximate surface area is 296 Å². The average Bonchev–Trinajstić information content (AvgIpc) is 3.68. The number of nitrogens with one attached hydrogen (secondary N) is 1. The number of phosphoric ester groups is 1. The standard InChI is InChI=1S/C39H67N2O7P/c1-28(2)12-8-9-13-29-17-19-34-33-18-16-30-26-32(20-22-39(30,4)35(33)21-23-38(29,34)3)48-37(43)40-24-10-6-7-15-36(42)41-25-11-14-31(41)27-47-49(44,45)46-5/h16,28-29,31-35H,6-15,17-27H2,1-5H3,(H,40,43)(H,44,45)/t29?,31-,32-,33-,34?,35?,38+,39-/m0/s1. The first-order valence-corrected chi connectivity index (χ1v) is 21.3. The van der Waals surface area contributed by atoms with Crippen LogP contribution in [0.3, 0.4) is 0 Å². The van der Waals surface area contributed by atoms with Crippen LogP contribution in [0.1, 0.15) is 143 Å². The Hall–Kier alpha value is -1.41. The second-order valence-corrected chi connectivity index (χ2v) is 18.7. The minimum absolute atomic E-state index is 0.00277. The Morgan fingerprint density at radius 3 is 2.63 bits per heavy atom. The third-order valence-corrected chi connectivity index (χ3v) is 14.7. The molecule has 1 aliphatic heterocycles. The van der Waals surface area contributed by atoms with Gasteiger partial charge in [-0.25, -0.2) is 9.36 Å². The molecule has 0 radical (unpaired) electrons. The van der Waals surface area contributed by atoms with E-state index in [9.17, 15) is 19.0 Å². The molecule has 9 atom stereocenters. The van der Waals surface area contributed by atoms with Crippen LogP contribution in [0.4, 0.5) is 4.79 Å². The zero-order valence-electron chi connectivity index (χ0n) is 31.3. The Bertz CT molecular complexity index is 1210. The lowest BCUT2D eigenvalue weighted by atomic mass is 9.47. The molecule has 1 heterocycles. The molecular weight excluding hydrogens is 639 g/mol. The van der Waals surface area contributed by atoms with Gasteiger partial charge in [-0.05, 0) is 117 Å². The summed E-state index contributed by atoms with van der Waals surface area (Å²) in [5, 5.41) is 2.95. The van der Waals surface area contributed by atoms with Crippen molar-refractivity contribution in [2.75, 3.05) is 26.8 Å². The number of fused-ring (bicyclic) bond motifs is 5. The zero-order chi connectivity index (χ0) is 35.2. The summed E-state index contributed by atoms with van der Waals surface area (Å²) in [5.41, 5.74) is 2.33. The van der Waals surface area contributed by atoms with E-state index in [4.69, 9.17) is 9.26 Å². The number of alkyl carbamates (subject to hydrolysis) is 1. The van der Waals surface area contributed by atoms with Gasteiger partial charge in [-0.15, -0.1) is 0 Å². The van der Waals surface area contributed by atoms with Crippen LogP contribution in [0, 0.1) is 40.4 Å². The quantitative estimate of drug-likeness (QED) is 0.0935. The molecule has 2 amide bonds. The van der Waals surface area contributed by atoms with Crippen LogP contribution < -0.4 is 5.32 Å². The number of carbonyl (C=O) groups is 2. The van der Waals surface area contributed by atoms with Crippen molar-refractivity contribution in [3.63, 3.8) is 0 Å². The highest BCUT2D eigenvalue weighted by molar-refractivity contribution is 7.47. The van der Waals surface area contributed by atoms with Crippen LogP contribution in [-0.2, 0) is 23.1 Å². The third kappa shape index (κ3) is 9.34. The molecule has 4 unspecified atom stereocenters. The second-order valence-electron chi connectivity index (χ2n) is 17.1. The van der Waals surface area contributed by atoms with Crippen LogP contribution in [0.25, 0.3) is 0 Å². The van der Waals surface area contributed by atoms with Crippen molar-refractivity contribution in [2.24, 2.45) is 40.4 Å². The molecule has 0 aromatic heterocycles. The van der Waals surface area contributed by atoms with Crippen molar-refractivity contribution in [1.29, 1.82) is 0 Å². The molecule has 5 aliphatic rings. The first-order valence-electron chi connectivity index (χ1n) is 19.8. The van der Waals surface area contributed by atoms with Crippen molar-refractivity contribution in [3.05, 3.63) is 11.6 Å². The monoisotopic (exact) mass is 706 g/mol. The molecule has 4 aliphatic carbocycles. The number of likely N-dealkylation sites (tertiary alicyclic amines) is 1. The van der Waals surface area contributed by atoms with Gasteiger partial charge in [0.25, 0.3) is 0 Å². The number of ether oxygens (including phenoxy) is 1. The van der Waals surface area contributed by atoms with E-state index in [1.165, 1.54) is 57.8 Å². The molecule has 4 fully saturated rings. The zero-order valence-corrected chi connectivity index (χ0v) is 32.2. The summed E-state index contributed by atoms with van der Waals surface area (Å²) in [6.45, 7) is 11.1. The Balaban J connectivity index is 0.997. The fraction of sp³-hybridized carbons (Fsp3) is 0.897. The normalized spacial score (nSPS) is 35.2. The predicted octanol–water partition coefficient (Wildman–Crippen LogP) is 9.19. The van der Waals surface area contributed by atoms with Gasteiger partial charge in [-0.3, -0.25) is 13.8 Å². The SMILES string of the molecule is COP(=O)(O)OC[C@@H]1CCCN1C(=O)CCCCCNC(=O)O[C@H]1CC[C@@]2(C)C(=CC[C@H]3C4CCC(CCCCC(C)C)[C@@]4(C)CCC32)C1. The predicted molar refractivity (Wildman–Crippen MR) is 193 cm³/mol. The van der Waals surface area contributed by atoms with Gasteiger partial charge in [0, 0.05) is 33.0 Å². The summed E-state index contributed by atoms with van der Waals surface area (Å²) in [6.07, 6.45) is 21.9. The molecule has 49 heavy (non-hydrogen) atoms. The number of carbonyl (C=O) groups excluding carboxylic acids is 2. The van der Waals surface area contributed by atoms with E-state index in [2.05, 4.69) is 43.6 Å². The molecule has 0 aromatic carbocycles. The van der Waals surface area contributed by atoms with Crippen molar-refractivity contribution in [3.8, 4) is 0 Å². The highest BCUT2D eigenvalue weighted by atomic mass is 31.2. The van der Waals surface area contributed by atoms with Gasteiger partial charge in [0.1, 0.15) is 6.10 Å². The van der Waals surface area contributed by atoms with Gasteiger partial charge in [-0.1, -0.05) is 65.0 Å². The molecular formula is C39H67N2O7P. The molecule has 10 heteroatoms. The molecule has 0 aromatic rings. The molecule has 280 valence electrons. The van der Waals surface area contributed by atoms with Crippen molar-refractivity contribution in [1.82, 2.24) is 10.2 Å². The van der Waals surface area contributed by atoms with E-state index in [1.54, 1.807) is 10.5 Å². The van der Waals surface area contributed by atoms with Gasteiger partial charge >= 0.3 is 13.9 Å². The maximum Gasteiger partial charge on any atom is 0.471 e. The molecule has 0 bridgehead atoms. The van der Waals surface area contributed by atoms with Gasteiger partial charge < -0.3 is 19.8 Å². The van der Waals surface area contributed by atoms with Crippen LogP contribution in [0.15, 0.2) is 11.6 Å². The molecule has 2 N–H and O–H groups in total. The summed E-state index contributed by atoms with van der Waals surface area (Å²) >= 11 is 0. The van der Waals surface area contributed by atoms with Crippen LogP contribution in [0.2, 0.25) is 0 Å². The maximum absolute atomic E-state index is 12.8. The minimum Gasteiger partial charge on any atom is -0.446 e. The number of allylic oxidation sites excluding steroid dienone is 1. The number of hydrogen-bond acceptors (Lipinski definition) is 6. The summed E-state index contributed by atoms with van der Waals surface area (Å²) < 4.78 is 27.0. The smallest absolute Gasteiger partial charge is 0.446 e. The Morgan fingerprint density at radius 1 is 1.04 bits per heavy atom. The first kappa shape index (κ1) is 38.8. The summed E-state index contributed by atoms with van der Waals surface area (Å²) in [5.74, 6) is 4.23. The topological polar surface area (TPSA) is 114 Å². The number of hydrogen-bond donors (Lipinski definition) is 2. The van der Waals surface area contributed by atoms with Crippen LogP contribution >= 0.6 is 7.82 Å². The Kier molecular flexibility index (Phi) is 13.4. The Morgan fingerprint density at radius 2 is 1.86 bits per heavy atom. The van der Waals surface area contributed by atoms with E-state index in [0.717, 1.165) is 88.1 Å². The third-order valence-electron chi connectivity index (χ3n) is 13.8. The molecule has 5 rings (SSSR count). The number of phosphoric acid groups is 1. The van der Waals surface area contributed by atoms with Crippen molar-refractivity contribution in [2.45, 2.75) is 155 Å². The lowest BCUT2D eigenvalue weighted by Crippen LogP contribution is -2.50. The van der Waals surface area contributed by atoms with Crippen LogP contribution in [-0.4, -0.2) is 60.7 Å². The van der Waals surface area contributed by atoms with E-state index >= 15 is 0 Å². The highest BCUT2D eigenvalue weighted by Crippen LogP contribution is 2.67. The molecule has 0 spiro atoms. The average molecular weight is 707 g/mol. The van der Waals surface area contributed by atoms with E-state index in [1.807, 2.05) is 0 Å². The van der Waals surface area contributed by atoms with Crippen molar-refractivity contribution >= 4 is 19.8 Å². The molecule has 9 nitrogen and oxygen atoms in total. The van der Waals surface area contributed by atoms with Gasteiger partial charge in [0.05, 0.1) is 12.6 Å². The largest absolute Gasteiger partial charge is 0.471 e. The van der Waals surface area contributed by atoms with Gasteiger partial charge in [-0.2, -0.15) is 0 Å². The van der Waals surface area contributed by atoms with Crippen LogP contribution in [0.5, 0.6) is 0 Å². The minimum atomic E-state index is -4.05. The number of rotatable bonds is 16. The van der Waals surface area contributed by atoms with Gasteiger partial charge in [0.2, 0.25) is 5.91 Å². The fourth-order valence-corrected chi connectivity index (χ4v) is 11.4. The number of amides is 2. The second kappa shape index (κ2) is 16.9. The molecule has 3 saturated carbocycles. The maximum atomic E-state index is 12.8. The van der Waals surface area contributed by atoms with Gasteiger partial charge in [0.15, 0.2) is 0 Å². The summed E-state index contributed by atoms with van der Waals surface area (Å²) in [4.78, 5) is 36.7. The number of nitrogens with zero attached hydrogens (tertiary/aromatic N) is 1. The summed E-state index contributed by atoms with van der Waals surface area (Å²) in [7, 11) is -2.92. The highest BCUT2D eigenvalue weighted by Gasteiger charge is 2.58. The lowest BCUT2D eigenvalue weighted by Gasteiger charge is -2.58.